The van der Waals surface area contributed by atoms with Gasteiger partial charge in [0.05, 0.1) is 19.2 Å². The molecule has 0 aliphatic heterocycles. The predicted molar refractivity (Wildman–Crippen MR) is 78.0 cm³/mol. The number of carbonyl (C=O) groups is 1. The van der Waals surface area contributed by atoms with Crippen molar-refractivity contribution < 1.29 is 9.53 Å². The first-order chi connectivity index (χ1) is 9.10. The molecule has 0 aliphatic rings. The lowest BCUT2D eigenvalue weighted by molar-refractivity contribution is 0.0925. The summed E-state index contributed by atoms with van der Waals surface area (Å²) in [6.07, 6.45) is 0. The van der Waals surface area contributed by atoms with Crippen molar-refractivity contribution in [2.45, 2.75) is 0 Å². The molecular weight excluding hydrogens is 350 g/mol. The van der Waals surface area contributed by atoms with E-state index in [2.05, 4.69) is 15.9 Å². The molecule has 0 N–H and O–H groups in total. The third kappa shape index (κ3) is 3.57. The Labute approximate surface area is 127 Å². The summed E-state index contributed by atoms with van der Waals surface area (Å²) >= 11 is 10.5. The molecule has 0 fully saturated rings. The minimum absolute atomic E-state index is 0.0603. The van der Waals surface area contributed by atoms with Gasteiger partial charge in [-0.05, 0) is 40.2 Å². The quantitative estimate of drug-likeness (QED) is 0.768. The molecule has 0 spiro atoms. The minimum Gasteiger partial charge on any atom is -0.485 e. The van der Waals surface area contributed by atoms with Gasteiger partial charge in [-0.15, -0.1) is 11.3 Å². The second-order valence-electron chi connectivity index (χ2n) is 3.57. The highest BCUT2D eigenvalue weighted by Crippen LogP contribution is 2.24. The van der Waals surface area contributed by atoms with Crippen LogP contribution in [0.2, 0.25) is 5.02 Å². The van der Waals surface area contributed by atoms with Crippen LogP contribution in [0.5, 0.6) is 5.75 Å². The second-order valence-corrected chi connectivity index (χ2v) is 6.44. The number of Topliss-reactive ketones (excluding diaryl/α,β-unsaturated/α-hetero) is 1. The van der Waals surface area contributed by atoms with Crippen LogP contribution in [0.1, 0.15) is 15.2 Å². The van der Waals surface area contributed by atoms with Gasteiger partial charge in [-0.2, -0.15) is 5.26 Å². The third-order valence-electron chi connectivity index (χ3n) is 2.28. The lowest BCUT2D eigenvalue weighted by atomic mass is 10.2. The zero-order valence-corrected chi connectivity index (χ0v) is 12.7. The van der Waals surface area contributed by atoms with E-state index in [9.17, 15) is 4.79 Å². The summed E-state index contributed by atoms with van der Waals surface area (Å²) in [5.74, 6) is 0.365. The Kier molecular flexibility index (Phi) is 4.59. The molecular formula is C13H7BrClNO2S. The maximum Gasteiger partial charge on any atom is 0.210 e. The van der Waals surface area contributed by atoms with Gasteiger partial charge in [0.2, 0.25) is 5.78 Å². The summed E-state index contributed by atoms with van der Waals surface area (Å²) in [7, 11) is 0. The van der Waals surface area contributed by atoms with Crippen LogP contribution in [-0.4, -0.2) is 12.4 Å². The molecule has 96 valence electrons. The highest BCUT2D eigenvalue weighted by molar-refractivity contribution is 9.11. The topological polar surface area (TPSA) is 50.1 Å². The van der Waals surface area contributed by atoms with Crippen LogP contribution >= 0.6 is 38.9 Å². The van der Waals surface area contributed by atoms with Crippen molar-refractivity contribution in [3.63, 3.8) is 0 Å². The number of nitrogens with zero attached hydrogens (tertiary/aromatic N) is 1. The van der Waals surface area contributed by atoms with Crippen LogP contribution in [0, 0.1) is 11.3 Å². The molecule has 1 aromatic heterocycles. The molecule has 0 bridgehead atoms. The van der Waals surface area contributed by atoms with Gasteiger partial charge >= 0.3 is 0 Å². The molecule has 2 aromatic rings. The number of ether oxygens (including phenoxy) is 1. The van der Waals surface area contributed by atoms with E-state index in [0.717, 1.165) is 3.79 Å². The van der Waals surface area contributed by atoms with E-state index in [1.165, 1.54) is 17.4 Å². The Morgan fingerprint density at radius 1 is 1.42 bits per heavy atom. The SMILES string of the molecule is N#Cc1ccc(OCC(=O)c2ccc(Br)s2)cc1Cl. The largest absolute Gasteiger partial charge is 0.485 e. The van der Waals surface area contributed by atoms with Crippen molar-refractivity contribution in [1.29, 1.82) is 5.26 Å². The van der Waals surface area contributed by atoms with Crippen LogP contribution in [0.15, 0.2) is 34.1 Å². The minimum atomic E-state index is -0.101. The molecule has 0 radical (unpaired) electrons. The van der Waals surface area contributed by atoms with E-state index in [1.807, 2.05) is 12.1 Å². The van der Waals surface area contributed by atoms with Gasteiger partial charge in [0.15, 0.2) is 6.61 Å². The Morgan fingerprint density at radius 2 is 2.21 bits per heavy atom. The molecule has 0 amide bonds. The number of rotatable bonds is 4. The maximum absolute atomic E-state index is 11.8. The third-order valence-corrected chi connectivity index (χ3v) is 4.26. The van der Waals surface area contributed by atoms with Crippen molar-refractivity contribution in [2.24, 2.45) is 0 Å². The van der Waals surface area contributed by atoms with E-state index in [4.69, 9.17) is 21.6 Å². The number of hydrogen-bond acceptors (Lipinski definition) is 4. The van der Waals surface area contributed by atoms with E-state index in [-0.39, 0.29) is 12.4 Å². The van der Waals surface area contributed by atoms with E-state index >= 15 is 0 Å². The van der Waals surface area contributed by atoms with Crippen molar-refractivity contribution in [3.8, 4) is 11.8 Å². The molecule has 19 heavy (non-hydrogen) atoms. The molecule has 6 heteroatoms. The number of benzene rings is 1. The summed E-state index contributed by atoms with van der Waals surface area (Å²) in [4.78, 5) is 12.4. The molecule has 1 aromatic carbocycles. The first-order valence-corrected chi connectivity index (χ1v) is 7.20. The molecule has 0 aliphatic carbocycles. The van der Waals surface area contributed by atoms with Gasteiger partial charge in [0.1, 0.15) is 11.8 Å². The molecule has 0 atom stereocenters. The van der Waals surface area contributed by atoms with Crippen molar-refractivity contribution in [1.82, 2.24) is 0 Å². The van der Waals surface area contributed by atoms with Crippen LogP contribution in [0.25, 0.3) is 0 Å². The lowest BCUT2D eigenvalue weighted by Crippen LogP contribution is -2.10. The standard InChI is InChI=1S/C13H7BrClNO2S/c14-13-4-3-12(19-13)11(17)7-18-9-2-1-8(6-16)10(15)5-9/h1-5H,7H2. The van der Waals surface area contributed by atoms with Crippen LogP contribution in [-0.2, 0) is 0 Å². The smallest absolute Gasteiger partial charge is 0.210 e. The Bertz CT molecular complexity index is 663. The second kappa shape index (κ2) is 6.20. The molecule has 0 saturated carbocycles. The number of carbonyl (C=O) groups excluding carboxylic acids is 1. The zero-order chi connectivity index (χ0) is 13.8. The maximum atomic E-state index is 11.8. The summed E-state index contributed by atoms with van der Waals surface area (Å²) in [6, 6.07) is 10.2. The molecule has 0 unspecified atom stereocenters. The normalized spacial score (nSPS) is 9.95. The van der Waals surface area contributed by atoms with E-state index < -0.39 is 0 Å². The molecule has 1 heterocycles. The number of hydrogen-bond donors (Lipinski definition) is 0. The fourth-order valence-electron chi connectivity index (χ4n) is 1.36. The number of nitriles is 1. The molecule has 0 saturated heterocycles. The molecule has 2 rings (SSSR count). The average Bonchev–Trinajstić information content (AvgIpc) is 2.83. The Morgan fingerprint density at radius 3 is 2.79 bits per heavy atom. The highest BCUT2D eigenvalue weighted by atomic mass is 79.9. The van der Waals surface area contributed by atoms with Crippen LogP contribution in [0.4, 0.5) is 0 Å². The fraction of sp³-hybridized carbons (Fsp3) is 0.0769. The van der Waals surface area contributed by atoms with Gasteiger partial charge in [-0.25, -0.2) is 0 Å². The lowest BCUT2D eigenvalue weighted by Gasteiger charge is -2.05. The van der Waals surface area contributed by atoms with Gasteiger partial charge in [0, 0.05) is 6.07 Å². The highest BCUT2D eigenvalue weighted by Gasteiger charge is 2.10. The first kappa shape index (κ1) is 14.1. The monoisotopic (exact) mass is 355 g/mol. The van der Waals surface area contributed by atoms with Gasteiger partial charge < -0.3 is 4.74 Å². The number of thiophene rings is 1. The summed E-state index contributed by atoms with van der Waals surface area (Å²) < 4.78 is 6.26. The van der Waals surface area contributed by atoms with Crippen molar-refractivity contribution >= 4 is 44.7 Å². The van der Waals surface area contributed by atoms with Crippen molar-refractivity contribution in [3.05, 3.63) is 49.6 Å². The Balaban J connectivity index is 2.01. The molecule has 3 nitrogen and oxygen atoms in total. The summed E-state index contributed by atoms with van der Waals surface area (Å²) in [6.45, 7) is -0.0603. The van der Waals surface area contributed by atoms with E-state index in [0.29, 0.717) is 21.2 Å². The zero-order valence-electron chi connectivity index (χ0n) is 9.52. The summed E-state index contributed by atoms with van der Waals surface area (Å²) in [5, 5.41) is 9.06. The van der Waals surface area contributed by atoms with Gasteiger partial charge in [-0.1, -0.05) is 11.6 Å². The van der Waals surface area contributed by atoms with Gasteiger partial charge in [0.25, 0.3) is 0 Å². The number of ketones is 1. The first-order valence-electron chi connectivity index (χ1n) is 5.21. The predicted octanol–water partition coefficient (Wildman–Crippen LogP) is 4.30. The van der Waals surface area contributed by atoms with E-state index in [1.54, 1.807) is 18.2 Å². The Hall–Kier alpha value is -1.35. The van der Waals surface area contributed by atoms with Crippen LogP contribution in [0.3, 0.4) is 0 Å². The number of halogens is 2. The average molecular weight is 357 g/mol. The summed E-state index contributed by atoms with van der Waals surface area (Å²) in [5.41, 5.74) is 0.377. The van der Waals surface area contributed by atoms with Crippen LogP contribution < -0.4 is 4.74 Å². The fourth-order valence-corrected chi connectivity index (χ4v) is 2.88. The van der Waals surface area contributed by atoms with Crippen molar-refractivity contribution in [2.75, 3.05) is 6.61 Å². The van der Waals surface area contributed by atoms with Gasteiger partial charge in [-0.3, -0.25) is 4.79 Å².